The second-order valence-electron chi connectivity index (χ2n) is 9.40. The Balaban J connectivity index is 2.05. The van der Waals surface area contributed by atoms with Gasteiger partial charge in [-0.3, -0.25) is 13.9 Å². The Kier molecular flexibility index (Phi) is 10.5. The molecule has 1 atom stereocenters. The molecule has 0 fully saturated rings. The molecule has 0 saturated carbocycles. The van der Waals surface area contributed by atoms with E-state index in [2.05, 4.69) is 5.32 Å². The van der Waals surface area contributed by atoms with Gasteiger partial charge in [-0.25, -0.2) is 12.8 Å². The number of nitrogens with one attached hydrogen (secondary N) is 1. The van der Waals surface area contributed by atoms with Crippen LogP contribution < -0.4 is 14.4 Å². The molecule has 0 aliphatic heterocycles. The molecule has 40 heavy (non-hydrogen) atoms. The van der Waals surface area contributed by atoms with Crippen LogP contribution in [0.25, 0.3) is 0 Å². The number of amides is 2. The van der Waals surface area contributed by atoms with E-state index in [4.69, 9.17) is 16.3 Å². The number of hydrogen-bond donors (Lipinski definition) is 1. The second-order valence-corrected chi connectivity index (χ2v) is 11.7. The summed E-state index contributed by atoms with van der Waals surface area (Å²) in [6.07, 6.45) is 0.275. The van der Waals surface area contributed by atoms with Crippen molar-refractivity contribution in [3.63, 3.8) is 0 Å². The number of sulfonamides is 1. The average molecular weight is 590 g/mol. The molecule has 3 aromatic rings. The first-order chi connectivity index (χ1) is 19.0. The van der Waals surface area contributed by atoms with E-state index < -0.39 is 34.3 Å². The summed E-state index contributed by atoms with van der Waals surface area (Å²) < 4.78 is 47.4. The van der Waals surface area contributed by atoms with Crippen molar-refractivity contribution in [3.05, 3.63) is 89.2 Å². The molecule has 11 heteroatoms. The van der Waals surface area contributed by atoms with Gasteiger partial charge >= 0.3 is 0 Å². The van der Waals surface area contributed by atoms with Crippen LogP contribution in [0.4, 0.5) is 10.1 Å². The molecule has 0 bridgehead atoms. The molecule has 3 aromatic carbocycles. The third kappa shape index (κ3) is 7.73. The summed E-state index contributed by atoms with van der Waals surface area (Å²) >= 11 is 6.05. The fourth-order valence-electron chi connectivity index (χ4n) is 4.10. The van der Waals surface area contributed by atoms with Crippen molar-refractivity contribution in [2.75, 3.05) is 18.0 Å². The minimum Gasteiger partial charge on any atom is -0.497 e. The summed E-state index contributed by atoms with van der Waals surface area (Å²) in [5.41, 5.74) is 0.802. The molecular formula is C29H33ClFN3O5S. The normalized spacial score (nSPS) is 12.1. The van der Waals surface area contributed by atoms with E-state index in [1.165, 1.54) is 84.8 Å². The Morgan fingerprint density at radius 3 is 2.10 bits per heavy atom. The maximum absolute atomic E-state index is 14.0. The fourth-order valence-corrected chi connectivity index (χ4v) is 5.64. The van der Waals surface area contributed by atoms with Crippen molar-refractivity contribution >= 4 is 39.1 Å². The molecular weight excluding hydrogens is 557 g/mol. The predicted octanol–water partition coefficient (Wildman–Crippen LogP) is 5.02. The second kappa shape index (κ2) is 13.6. The van der Waals surface area contributed by atoms with Gasteiger partial charge in [-0.1, -0.05) is 30.7 Å². The van der Waals surface area contributed by atoms with Gasteiger partial charge in [-0.05, 0) is 86.5 Å². The smallest absolute Gasteiger partial charge is 0.264 e. The number of anilines is 1. The lowest BCUT2D eigenvalue weighted by Crippen LogP contribution is -2.53. The lowest BCUT2D eigenvalue weighted by atomic mass is 10.1. The molecule has 0 aliphatic carbocycles. The summed E-state index contributed by atoms with van der Waals surface area (Å²) in [6, 6.07) is 16.4. The van der Waals surface area contributed by atoms with Gasteiger partial charge < -0.3 is 15.0 Å². The number of halogens is 2. The summed E-state index contributed by atoms with van der Waals surface area (Å²) in [5.74, 6) is -0.947. The van der Waals surface area contributed by atoms with Gasteiger partial charge in [0, 0.05) is 17.6 Å². The summed E-state index contributed by atoms with van der Waals surface area (Å²) in [4.78, 5) is 28.4. The number of carbonyl (C=O) groups excluding carboxylic acids is 2. The van der Waals surface area contributed by atoms with Crippen molar-refractivity contribution in [2.45, 2.75) is 50.7 Å². The molecule has 0 heterocycles. The quantitative estimate of drug-likeness (QED) is 0.320. The summed E-state index contributed by atoms with van der Waals surface area (Å²) in [6.45, 7) is 4.75. The third-order valence-corrected chi connectivity index (χ3v) is 8.16. The van der Waals surface area contributed by atoms with Crippen molar-refractivity contribution in [1.29, 1.82) is 0 Å². The maximum Gasteiger partial charge on any atom is 0.264 e. The molecule has 214 valence electrons. The van der Waals surface area contributed by atoms with Crippen LogP contribution in [-0.2, 0) is 26.2 Å². The number of benzene rings is 3. The van der Waals surface area contributed by atoms with E-state index in [0.717, 1.165) is 4.31 Å². The number of nitrogens with zero attached hydrogens (tertiary/aromatic N) is 2. The van der Waals surface area contributed by atoms with Crippen LogP contribution in [0.1, 0.15) is 32.8 Å². The van der Waals surface area contributed by atoms with Gasteiger partial charge in [0.2, 0.25) is 11.8 Å². The lowest BCUT2D eigenvalue weighted by molar-refractivity contribution is -0.140. The Bertz CT molecular complexity index is 1400. The molecule has 1 N–H and O–H groups in total. The van der Waals surface area contributed by atoms with Gasteiger partial charge in [0.05, 0.1) is 17.7 Å². The first kappa shape index (κ1) is 30.9. The molecule has 0 spiro atoms. The molecule has 8 nitrogen and oxygen atoms in total. The average Bonchev–Trinajstić information content (AvgIpc) is 2.92. The highest BCUT2D eigenvalue weighted by atomic mass is 35.5. The van der Waals surface area contributed by atoms with Crippen LogP contribution in [0.3, 0.4) is 0 Å². The van der Waals surface area contributed by atoms with Crippen LogP contribution in [0.15, 0.2) is 77.7 Å². The zero-order chi connectivity index (χ0) is 29.4. The fraction of sp³-hybridized carbons (Fsp3) is 0.310. The van der Waals surface area contributed by atoms with Crippen LogP contribution in [-0.4, -0.2) is 50.9 Å². The van der Waals surface area contributed by atoms with E-state index in [1.807, 2.05) is 0 Å². The molecule has 0 aromatic heterocycles. The molecule has 0 saturated heterocycles. The molecule has 1 unspecified atom stereocenters. The zero-order valence-corrected chi connectivity index (χ0v) is 24.4. The first-order valence-electron chi connectivity index (χ1n) is 12.7. The lowest BCUT2D eigenvalue weighted by Gasteiger charge is -2.33. The zero-order valence-electron chi connectivity index (χ0n) is 22.8. The molecule has 0 radical (unpaired) electrons. The Labute approximate surface area is 239 Å². The Morgan fingerprint density at radius 2 is 1.57 bits per heavy atom. The Morgan fingerprint density at radius 1 is 0.975 bits per heavy atom. The predicted molar refractivity (Wildman–Crippen MR) is 153 cm³/mol. The van der Waals surface area contributed by atoms with E-state index in [9.17, 15) is 22.4 Å². The van der Waals surface area contributed by atoms with E-state index in [0.29, 0.717) is 16.3 Å². The SMILES string of the molecule is CCC(C(=O)NC(C)C)N(Cc1ccc(F)cc1)C(=O)CN(c1ccc(Cl)cc1)S(=O)(=O)c1ccc(OC)cc1. The number of carbonyl (C=O) groups is 2. The van der Waals surface area contributed by atoms with Gasteiger partial charge in [0.25, 0.3) is 10.0 Å². The first-order valence-corrected chi connectivity index (χ1v) is 14.5. The maximum atomic E-state index is 14.0. The van der Waals surface area contributed by atoms with Gasteiger partial charge in [0.1, 0.15) is 24.2 Å². The van der Waals surface area contributed by atoms with E-state index >= 15 is 0 Å². The third-order valence-electron chi connectivity index (χ3n) is 6.12. The highest BCUT2D eigenvalue weighted by molar-refractivity contribution is 7.92. The minimum atomic E-state index is -4.23. The number of methoxy groups -OCH3 is 1. The summed E-state index contributed by atoms with van der Waals surface area (Å²) in [7, 11) is -2.76. The van der Waals surface area contributed by atoms with Crippen LogP contribution in [0.5, 0.6) is 5.75 Å². The van der Waals surface area contributed by atoms with Gasteiger partial charge in [-0.2, -0.15) is 0 Å². The summed E-state index contributed by atoms with van der Waals surface area (Å²) in [5, 5.41) is 3.23. The van der Waals surface area contributed by atoms with Gasteiger partial charge in [0.15, 0.2) is 0 Å². The topological polar surface area (TPSA) is 96.0 Å². The number of rotatable bonds is 12. The van der Waals surface area contributed by atoms with Gasteiger partial charge in [-0.15, -0.1) is 0 Å². The van der Waals surface area contributed by atoms with Crippen molar-refractivity contribution < 1.29 is 27.1 Å². The van der Waals surface area contributed by atoms with Crippen LogP contribution >= 0.6 is 11.6 Å². The highest BCUT2D eigenvalue weighted by Gasteiger charge is 2.34. The Hall–Kier alpha value is -3.63. The van der Waals surface area contributed by atoms with Crippen LogP contribution in [0.2, 0.25) is 5.02 Å². The number of ether oxygens (including phenoxy) is 1. The standard InChI is InChI=1S/C29H33ClFN3O5S/c1-5-27(29(36)32-20(2)3)33(18-21-6-10-23(31)11-7-21)28(35)19-34(24-12-8-22(30)9-13-24)40(37,38)26-16-14-25(39-4)15-17-26/h6-17,20,27H,5,18-19H2,1-4H3,(H,32,36). The molecule has 0 aliphatic rings. The molecule has 2 amide bonds. The monoisotopic (exact) mass is 589 g/mol. The van der Waals surface area contributed by atoms with E-state index in [1.54, 1.807) is 20.8 Å². The number of hydrogen-bond acceptors (Lipinski definition) is 5. The van der Waals surface area contributed by atoms with E-state index in [-0.39, 0.29) is 35.5 Å². The molecule has 3 rings (SSSR count). The minimum absolute atomic E-state index is 0.0276. The van der Waals surface area contributed by atoms with Crippen molar-refractivity contribution in [3.8, 4) is 5.75 Å². The largest absolute Gasteiger partial charge is 0.497 e. The van der Waals surface area contributed by atoms with Crippen LogP contribution in [0, 0.1) is 5.82 Å². The van der Waals surface area contributed by atoms with Crippen molar-refractivity contribution in [2.24, 2.45) is 0 Å². The van der Waals surface area contributed by atoms with Crippen molar-refractivity contribution in [1.82, 2.24) is 10.2 Å². The highest BCUT2D eigenvalue weighted by Crippen LogP contribution is 2.27.